The van der Waals surface area contributed by atoms with Crippen LogP contribution in [0.5, 0.6) is 0 Å². The van der Waals surface area contributed by atoms with Gasteiger partial charge in [0.15, 0.2) is 0 Å². The molecular formula is C16H9Cl2NO4. The van der Waals surface area contributed by atoms with Crippen molar-refractivity contribution in [3.8, 4) is 0 Å². The fourth-order valence-electron chi connectivity index (χ4n) is 2.34. The molecule has 0 bridgehead atoms. The van der Waals surface area contributed by atoms with E-state index >= 15 is 0 Å². The number of fused-ring (bicyclic) bond motifs is 1. The third kappa shape index (κ3) is 2.48. The molecule has 5 nitrogen and oxygen atoms in total. The standard InChI is InChI=1S/C16H9Cl2NO4/c1-23-16(22)8-2-4-10-11(6-8)15(21)19(14(10)20)9-3-5-12(17)13(18)7-9/h2-7H,1H3. The second-order valence-corrected chi connectivity index (χ2v) is 5.61. The molecule has 2 aromatic rings. The maximum Gasteiger partial charge on any atom is 0.337 e. The Morgan fingerprint density at radius 3 is 2.30 bits per heavy atom. The molecule has 23 heavy (non-hydrogen) atoms. The molecule has 0 N–H and O–H groups in total. The van der Waals surface area contributed by atoms with E-state index < -0.39 is 17.8 Å². The number of ether oxygens (including phenoxy) is 1. The van der Waals surface area contributed by atoms with Crippen LogP contribution >= 0.6 is 23.2 Å². The van der Waals surface area contributed by atoms with Crippen molar-refractivity contribution in [3.05, 3.63) is 63.1 Å². The smallest absolute Gasteiger partial charge is 0.337 e. The highest BCUT2D eigenvalue weighted by atomic mass is 35.5. The van der Waals surface area contributed by atoms with Crippen molar-refractivity contribution in [2.75, 3.05) is 12.0 Å². The molecule has 7 heteroatoms. The number of nitrogens with zero attached hydrogens (tertiary/aromatic N) is 1. The average molecular weight is 350 g/mol. The van der Waals surface area contributed by atoms with E-state index in [1.165, 1.54) is 43.5 Å². The lowest BCUT2D eigenvalue weighted by Crippen LogP contribution is -2.29. The fraction of sp³-hybridized carbons (Fsp3) is 0.0625. The van der Waals surface area contributed by atoms with Crippen molar-refractivity contribution in [3.63, 3.8) is 0 Å². The van der Waals surface area contributed by atoms with Crippen molar-refractivity contribution < 1.29 is 19.1 Å². The van der Waals surface area contributed by atoms with Crippen LogP contribution in [0.25, 0.3) is 0 Å². The van der Waals surface area contributed by atoms with Gasteiger partial charge in [-0.1, -0.05) is 23.2 Å². The monoisotopic (exact) mass is 349 g/mol. The maximum absolute atomic E-state index is 12.5. The van der Waals surface area contributed by atoms with Crippen molar-refractivity contribution in [2.45, 2.75) is 0 Å². The van der Waals surface area contributed by atoms with Crippen LogP contribution in [0.3, 0.4) is 0 Å². The van der Waals surface area contributed by atoms with Gasteiger partial charge in [0.2, 0.25) is 0 Å². The number of methoxy groups -OCH3 is 1. The Morgan fingerprint density at radius 2 is 1.65 bits per heavy atom. The minimum atomic E-state index is -0.582. The summed E-state index contributed by atoms with van der Waals surface area (Å²) in [6, 6.07) is 8.68. The zero-order chi connectivity index (χ0) is 16.7. The first kappa shape index (κ1) is 15.5. The number of anilines is 1. The first-order chi connectivity index (χ1) is 10.9. The van der Waals surface area contributed by atoms with Gasteiger partial charge < -0.3 is 4.74 Å². The topological polar surface area (TPSA) is 63.7 Å². The molecule has 0 radical (unpaired) electrons. The summed E-state index contributed by atoms with van der Waals surface area (Å²) in [6.45, 7) is 0. The number of benzene rings is 2. The fourth-order valence-corrected chi connectivity index (χ4v) is 2.64. The number of carbonyl (C=O) groups is 3. The summed E-state index contributed by atoms with van der Waals surface area (Å²) in [5.41, 5.74) is 0.867. The summed E-state index contributed by atoms with van der Waals surface area (Å²) in [6.07, 6.45) is 0. The molecule has 2 aromatic carbocycles. The molecule has 0 saturated heterocycles. The molecule has 0 saturated carbocycles. The minimum Gasteiger partial charge on any atom is -0.465 e. The largest absolute Gasteiger partial charge is 0.465 e. The van der Waals surface area contributed by atoms with Crippen LogP contribution in [0.4, 0.5) is 5.69 Å². The van der Waals surface area contributed by atoms with Crippen LogP contribution in [0.15, 0.2) is 36.4 Å². The van der Waals surface area contributed by atoms with E-state index in [9.17, 15) is 14.4 Å². The predicted molar refractivity (Wildman–Crippen MR) is 85.4 cm³/mol. The van der Waals surface area contributed by atoms with Gasteiger partial charge in [0.05, 0.1) is 39.5 Å². The Hall–Kier alpha value is -2.37. The molecule has 0 unspecified atom stereocenters. The van der Waals surface area contributed by atoms with Crippen LogP contribution in [0, 0.1) is 0 Å². The Labute approximate surface area is 141 Å². The summed E-state index contributed by atoms with van der Waals surface area (Å²) < 4.78 is 4.62. The van der Waals surface area contributed by atoms with Crippen molar-refractivity contribution in [1.82, 2.24) is 0 Å². The molecule has 1 heterocycles. The van der Waals surface area contributed by atoms with Crippen LogP contribution in [-0.4, -0.2) is 24.9 Å². The Kier molecular flexibility index (Phi) is 3.83. The predicted octanol–water partition coefficient (Wildman–Crippen LogP) is 3.58. The second-order valence-electron chi connectivity index (χ2n) is 4.80. The summed E-state index contributed by atoms with van der Waals surface area (Å²) >= 11 is 11.8. The summed E-state index contributed by atoms with van der Waals surface area (Å²) in [5.74, 6) is -1.60. The van der Waals surface area contributed by atoms with Gasteiger partial charge in [-0.3, -0.25) is 9.59 Å². The van der Waals surface area contributed by atoms with E-state index in [-0.39, 0.29) is 21.7 Å². The molecule has 1 aliphatic heterocycles. The lowest BCUT2D eigenvalue weighted by molar-refractivity contribution is 0.0600. The number of hydrogen-bond donors (Lipinski definition) is 0. The molecule has 3 rings (SSSR count). The van der Waals surface area contributed by atoms with Crippen LogP contribution in [0.2, 0.25) is 10.0 Å². The summed E-state index contributed by atoms with van der Waals surface area (Å²) in [7, 11) is 1.24. The van der Waals surface area contributed by atoms with E-state index in [0.717, 1.165) is 4.90 Å². The van der Waals surface area contributed by atoms with Crippen LogP contribution in [0.1, 0.15) is 31.1 Å². The van der Waals surface area contributed by atoms with E-state index in [2.05, 4.69) is 4.74 Å². The number of carbonyl (C=O) groups excluding carboxylic acids is 3. The number of esters is 1. The number of halogens is 2. The van der Waals surface area contributed by atoms with Crippen LogP contribution in [-0.2, 0) is 4.74 Å². The number of hydrogen-bond acceptors (Lipinski definition) is 4. The van der Waals surface area contributed by atoms with Gasteiger partial charge >= 0.3 is 5.97 Å². The number of rotatable bonds is 2. The molecule has 0 aromatic heterocycles. The highest BCUT2D eigenvalue weighted by Gasteiger charge is 2.37. The summed E-state index contributed by atoms with van der Waals surface area (Å²) in [4.78, 5) is 37.6. The zero-order valence-electron chi connectivity index (χ0n) is 11.8. The number of imide groups is 1. The molecule has 1 aliphatic rings. The van der Waals surface area contributed by atoms with Crippen molar-refractivity contribution in [1.29, 1.82) is 0 Å². The van der Waals surface area contributed by atoms with Gasteiger partial charge in [-0.25, -0.2) is 9.69 Å². The maximum atomic E-state index is 12.5. The van der Waals surface area contributed by atoms with Crippen molar-refractivity contribution >= 4 is 46.7 Å². The highest BCUT2D eigenvalue weighted by molar-refractivity contribution is 6.42. The average Bonchev–Trinajstić information content (AvgIpc) is 2.80. The molecule has 0 spiro atoms. The molecule has 0 fully saturated rings. The normalized spacial score (nSPS) is 13.3. The van der Waals surface area contributed by atoms with E-state index in [4.69, 9.17) is 23.2 Å². The third-order valence-corrected chi connectivity index (χ3v) is 4.21. The quantitative estimate of drug-likeness (QED) is 0.614. The summed E-state index contributed by atoms with van der Waals surface area (Å²) in [5, 5.41) is 0.552. The van der Waals surface area contributed by atoms with E-state index in [0.29, 0.717) is 10.7 Å². The zero-order valence-corrected chi connectivity index (χ0v) is 13.3. The molecule has 0 aliphatic carbocycles. The molecule has 0 atom stereocenters. The van der Waals surface area contributed by atoms with Gasteiger partial charge in [0.1, 0.15) is 0 Å². The third-order valence-electron chi connectivity index (χ3n) is 3.47. The van der Waals surface area contributed by atoms with Gasteiger partial charge in [0.25, 0.3) is 11.8 Å². The van der Waals surface area contributed by atoms with Crippen molar-refractivity contribution in [2.24, 2.45) is 0 Å². The van der Waals surface area contributed by atoms with Gasteiger partial charge in [-0.05, 0) is 36.4 Å². The van der Waals surface area contributed by atoms with Crippen LogP contribution < -0.4 is 4.90 Å². The highest BCUT2D eigenvalue weighted by Crippen LogP contribution is 2.33. The lowest BCUT2D eigenvalue weighted by Gasteiger charge is -2.14. The van der Waals surface area contributed by atoms with Gasteiger partial charge in [-0.2, -0.15) is 0 Å². The second kappa shape index (κ2) is 5.68. The first-order valence-electron chi connectivity index (χ1n) is 6.50. The lowest BCUT2D eigenvalue weighted by atomic mass is 10.1. The van der Waals surface area contributed by atoms with E-state index in [1.54, 1.807) is 0 Å². The molecule has 116 valence electrons. The molecular weight excluding hydrogens is 341 g/mol. The Morgan fingerprint density at radius 1 is 0.957 bits per heavy atom. The SMILES string of the molecule is COC(=O)c1ccc2c(c1)C(=O)N(c1ccc(Cl)c(Cl)c1)C2=O. The van der Waals surface area contributed by atoms with Gasteiger partial charge in [0, 0.05) is 0 Å². The Bertz CT molecular complexity index is 863. The van der Waals surface area contributed by atoms with E-state index in [1.807, 2.05) is 0 Å². The number of amides is 2. The Balaban J connectivity index is 2.06. The molecule has 2 amide bonds. The minimum absolute atomic E-state index is 0.143. The van der Waals surface area contributed by atoms with Gasteiger partial charge in [-0.15, -0.1) is 0 Å². The first-order valence-corrected chi connectivity index (χ1v) is 7.26.